The number of aromatic nitrogens is 2. The summed E-state index contributed by atoms with van der Waals surface area (Å²) in [6, 6.07) is 11.2. The van der Waals surface area contributed by atoms with Crippen LogP contribution in [0.25, 0.3) is 16.9 Å². The largest absolute Gasteiger partial charge is 0.344 e. The number of imidazole rings is 1. The molecule has 5 nitrogen and oxygen atoms in total. The fourth-order valence-corrected chi connectivity index (χ4v) is 4.24. The van der Waals surface area contributed by atoms with E-state index < -0.39 is 0 Å². The number of nitrogens with zero attached hydrogens (tertiary/aromatic N) is 4. The third-order valence-corrected chi connectivity index (χ3v) is 6.22. The minimum atomic E-state index is 0.0731. The number of likely N-dealkylation sites (N-methyl/N-ethyl adjacent to an activating group) is 1. The third-order valence-electron chi connectivity index (χ3n) is 5.74. The maximum atomic E-state index is 13.1. The monoisotopic (exact) mass is 444 g/mol. The molecule has 4 rings (SSSR count). The smallest absolute Gasteiger partial charge is 0.228 e. The summed E-state index contributed by atoms with van der Waals surface area (Å²) in [6.45, 7) is 3.92. The number of hydrogen-bond donors (Lipinski definition) is 0. The van der Waals surface area contributed by atoms with Crippen molar-refractivity contribution in [2.45, 2.75) is 25.7 Å². The molecule has 0 N–H and O–H groups in total. The summed E-state index contributed by atoms with van der Waals surface area (Å²) >= 11 is 12.3. The van der Waals surface area contributed by atoms with E-state index >= 15 is 0 Å². The fraction of sp³-hybridized carbons (Fsp3) is 0.391. The summed E-state index contributed by atoms with van der Waals surface area (Å²) in [6.07, 6.45) is 5.90. The van der Waals surface area contributed by atoms with Crippen LogP contribution in [0.5, 0.6) is 0 Å². The Kier molecular flexibility index (Phi) is 6.61. The highest BCUT2D eigenvalue weighted by atomic mass is 35.5. The molecule has 1 amide bonds. The summed E-state index contributed by atoms with van der Waals surface area (Å²) < 4.78 is 1.92. The lowest BCUT2D eigenvalue weighted by atomic mass is 10.1. The number of hydrogen-bond acceptors (Lipinski definition) is 3. The van der Waals surface area contributed by atoms with Crippen LogP contribution < -0.4 is 0 Å². The molecule has 7 heteroatoms. The molecular weight excluding hydrogens is 419 g/mol. The topological polar surface area (TPSA) is 40.8 Å². The van der Waals surface area contributed by atoms with Crippen LogP contribution in [0.4, 0.5) is 0 Å². The predicted molar refractivity (Wildman–Crippen MR) is 122 cm³/mol. The number of amides is 1. The van der Waals surface area contributed by atoms with Crippen LogP contribution in [0, 0.1) is 0 Å². The third kappa shape index (κ3) is 4.80. The minimum Gasteiger partial charge on any atom is -0.344 e. The highest BCUT2D eigenvalue weighted by Gasteiger charge is 2.20. The lowest BCUT2D eigenvalue weighted by molar-refractivity contribution is -0.129. The molecule has 1 fully saturated rings. The van der Waals surface area contributed by atoms with Gasteiger partial charge in [0.05, 0.1) is 22.8 Å². The molecule has 2 aromatic heterocycles. The van der Waals surface area contributed by atoms with Crippen LogP contribution in [-0.2, 0) is 11.2 Å². The zero-order valence-corrected chi connectivity index (χ0v) is 18.7. The number of piperidine rings is 1. The van der Waals surface area contributed by atoms with Gasteiger partial charge in [0.2, 0.25) is 5.91 Å². The van der Waals surface area contributed by atoms with E-state index in [9.17, 15) is 4.79 Å². The first-order chi connectivity index (χ1) is 14.5. The second-order valence-electron chi connectivity index (χ2n) is 7.88. The quantitative estimate of drug-likeness (QED) is 0.548. The van der Waals surface area contributed by atoms with Gasteiger partial charge in [-0.1, -0.05) is 41.8 Å². The standard InChI is InChI=1S/C23H26Cl2N4O/c1-27(13-14-28-11-3-2-4-12-28)22(30)15-20-23(17-5-7-18(24)8-6-17)26-21-10-9-19(25)16-29(20)21/h5-10,16H,2-4,11-15H2,1H3. The van der Waals surface area contributed by atoms with Crippen LogP contribution in [0.15, 0.2) is 42.6 Å². The maximum Gasteiger partial charge on any atom is 0.228 e. The molecule has 0 aliphatic carbocycles. The van der Waals surface area contributed by atoms with Gasteiger partial charge in [-0.25, -0.2) is 4.98 Å². The Morgan fingerprint density at radius 1 is 1.03 bits per heavy atom. The van der Waals surface area contributed by atoms with Gasteiger partial charge in [0.25, 0.3) is 0 Å². The number of benzene rings is 1. The van der Waals surface area contributed by atoms with Crippen molar-refractivity contribution in [2.24, 2.45) is 0 Å². The highest BCUT2D eigenvalue weighted by Crippen LogP contribution is 2.27. The van der Waals surface area contributed by atoms with Crippen molar-refractivity contribution in [3.8, 4) is 11.3 Å². The molecule has 1 aromatic carbocycles. The Morgan fingerprint density at radius 3 is 2.47 bits per heavy atom. The number of rotatable bonds is 6. The summed E-state index contributed by atoms with van der Waals surface area (Å²) in [5.41, 5.74) is 3.32. The van der Waals surface area contributed by atoms with Crippen LogP contribution >= 0.6 is 23.2 Å². The zero-order chi connectivity index (χ0) is 21.1. The molecule has 1 aliphatic rings. The van der Waals surface area contributed by atoms with Crippen LogP contribution in [-0.4, -0.2) is 58.3 Å². The lowest BCUT2D eigenvalue weighted by Crippen LogP contribution is -2.39. The average molecular weight is 445 g/mol. The first kappa shape index (κ1) is 21.2. The van der Waals surface area contributed by atoms with Crippen LogP contribution in [0.2, 0.25) is 10.0 Å². The number of pyridine rings is 1. The Morgan fingerprint density at radius 2 is 1.73 bits per heavy atom. The number of halogens is 2. The summed E-state index contributed by atoms with van der Waals surface area (Å²) in [4.78, 5) is 22.1. The Labute approximate surface area is 187 Å². The first-order valence-electron chi connectivity index (χ1n) is 10.4. The van der Waals surface area contributed by atoms with Crippen molar-refractivity contribution in [1.29, 1.82) is 0 Å². The van der Waals surface area contributed by atoms with Crippen LogP contribution in [0.3, 0.4) is 0 Å². The van der Waals surface area contributed by atoms with Gasteiger partial charge in [0, 0.05) is 36.9 Å². The molecule has 158 valence electrons. The molecule has 0 bridgehead atoms. The number of carbonyl (C=O) groups is 1. The second-order valence-corrected chi connectivity index (χ2v) is 8.76. The molecule has 0 radical (unpaired) electrons. The fourth-order valence-electron chi connectivity index (χ4n) is 3.95. The van der Waals surface area contributed by atoms with Gasteiger partial charge in [0.15, 0.2) is 0 Å². The van der Waals surface area contributed by atoms with Crippen molar-refractivity contribution in [3.05, 3.63) is 58.3 Å². The lowest BCUT2D eigenvalue weighted by Gasteiger charge is -2.28. The number of carbonyl (C=O) groups excluding carboxylic acids is 1. The minimum absolute atomic E-state index is 0.0731. The summed E-state index contributed by atoms with van der Waals surface area (Å²) in [7, 11) is 1.88. The maximum absolute atomic E-state index is 13.1. The summed E-state index contributed by atoms with van der Waals surface area (Å²) in [5.74, 6) is 0.0731. The Balaban J connectivity index is 1.57. The molecule has 0 spiro atoms. The first-order valence-corrected chi connectivity index (χ1v) is 11.2. The summed E-state index contributed by atoms with van der Waals surface area (Å²) in [5, 5.41) is 1.27. The van der Waals surface area contributed by atoms with Crippen molar-refractivity contribution in [1.82, 2.24) is 19.2 Å². The van der Waals surface area contributed by atoms with Crippen molar-refractivity contribution < 1.29 is 4.79 Å². The Hall–Kier alpha value is -2.08. The Bertz CT molecular complexity index is 1030. The molecule has 1 saturated heterocycles. The van der Waals surface area contributed by atoms with Gasteiger partial charge >= 0.3 is 0 Å². The highest BCUT2D eigenvalue weighted by molar-refractivity contribution is 6.30. The number of fused-ring (bicyclic) bond motifs is 1. The van der Waals surface area contributed by atoms with E-state index in [0.717, 1.165) is 48.8 Å². The SMILES string of the molecule is CN(CCN1CCCCC1)C(=O)Cc1c(-c2ccc(Cl)cc2)nc2ccc(Cl)cn12. The van der Waals surface area contributed by atoms with Crippen molar-refractivity contribution >= 4 is 34.8 Å². The van der Waals surface area contributed by atoms with Gasteiger partial charge < -0.3 is 14.2 Å². The van der Waals surface area contributed by atoms with E-state index in [1.807, 2.05) is 58.9 Å². The van der Waals surface area contributed by atoms with Crippen molar-refractivity contribution in [3.63, 3.8) is 0 Å². The molecule has 1 aliphatic heterocycles. The van der Waals surface area contributed by atoms with E-state index in [1.54, 1.807) is 0 Å². The van der Waals surface area contributed by atoms with E-state index in [-0.39, 0.29) is 12.3 Å². The molecule has 3 heterocycles. The zero-order valence-electron chi connectivity index (χ0n) is 17.2. The van der Waals surface area contributed by atoms with Crippen molar-refractivity contribution in [2.75, 3.05) is 33.2 Å². The van der Waals surface area contributed by atoms with E-state index in [1.165, 1.54) is 19.3 Å². The van der Waals surface area contributed by atoms with Gasteiger partial charge in [-0.2, -0.15) is 0 Å². The van der Waals surface area contributed by atoms with E-state index in [2.05, 4.69) is 4.90 Å². The second kappa shape index (κ2) is 9.38. The molecule has 30 heavy (non-hydrogen) atoms. The van der Waals surface area contributed by atoms with E-state index in [0.29, 0.717) is 10.0 Å². The average Bonchev–Trinajstić information content (AvgIpc) is 3.10. The van der Waals surface area contributed by atoms with Gasteiger partial charge in [-0.3, -0.25) is 4.79 Å². The molecule has 3 aromatic rings. The predicted octanol–water partition coefficient (Wildman–Crippen LogP) is 4.79. The van der Waals surface area contributed by atoms with E-state index in [4.69, 9.17) is 28.2 Å². The normalized spacial score (nSPS) is 14.9. The van der Waals surface area contributed by atoms with Crippen LogP contribution in [0.1, 0.15) is 25.0 Å². The number of likely N-dealkylation sites (tertiary alicyclic amines) is 1. The van der Waals surface area contributed by atoms with Gasteiger partial charge in [-0.05, 0) is 50.2 Å². The van der Waals surface area contributed by atoms with Gasteiger partial charge in [0.1, 0.15) is 5.65 Å². The molecular formula is C23H26Cl2N4O. The molecule has 0 saturated carbocycles. The molecule has 0 unspecified atom stereocenters. The molecule has 0 atom stereocenters. The van der Waals surface area contributed by atoms with Gasteiger partial charge in [-0.15, -0.1) is 0 Å².